The normalized spacial score (nSPS) is 11.2. The molecule has 138 valence electrons. The van der Waals surface area contributed by atoms with Crippen LogP contribution >= 0.6 is 11.3 Å². The highest BCUT2D eigenvalue weighted by molar-refractivity contribution is 7.18. The van der Waals surface area contributed by atoms with E-state index in [1.807, 2.05) is 13.8 Å². The standard InChI is InChI=1S/C18H17N5O3S/c1-4-26-16(25)11-5-7-12(8-6-11)19-17-21-22-18-20-14-13(15(24)23(17)18)9(2)10(3)27-14/h5-8H,4H2,1-3H3,(H,19,21)(H,20,22). The van der Waals surface area contributed by atoms with E-state index < -0.39 is 0 Å². The molecular formula is C18H17N5O3S. The second-order valence-electron chi connectivity index (χ2n) is 6.01. The summed E-state index contributed by atoms with van der Waals surface area (Å²) in [6, 6.07) is 6.76. The Morgan fingerprint density at radius 3 is 2.74 bits per heavy atom. The highest BCUT2D eigenvalue weighted by Gasteiger charge is 2.17. The Morgan fingerprint density at radius 1 is 1.30 bits per heavy atom. The van der Waals surface area contributed by atoms with Gasteiger partial charge in [-0.2, -0.15) is 0 Å². The van der Waals surface area contributed by atoms with Crippen LogP contribution in [0.1, 0.15) is 27.7 Å². The molecule has 3 heterocycles. The number of aromatic nitrogens is 4. The van der Waals surface area contributed by atoms with Gasteiger partial charge < -0.3 is 10.1 Å². The van der Waals surface area contributed by atoms with Gasteiger partial charge in [-0.3, -0.25) is 4.79 Å². The van der Waals surface area contributed by atoms with Gasteiger partial charge in [0.2, 0.25) is 11.7 Å². The van der Waals surface area contributed by atoms with Crippen LogP contribution in [0.5, 0.6) is 0 Å². The summed E-state index contributed by atoms with van der Waals surface area (Å²) in [7, 11) is 0. The number of hydrogen-bond acceptors (Lipinski definition) is 7. The van der Waals surface area contributed by atoms with Crippen molar-refractivity contribution in [2.24, 2.45) is 0 Å². The molecule has 0 amide bonds. The Morgan fingerprint density at radius 2 is 2.04 bits per heavy atom. The number of fused-ring (bicyclic) bond motifs is 2. The summed E-state index contributed by atoms with van der Waals surface area (Å²) < 4.78 is 6.39. The van der Waals surface area contributed by atoms with Crippen LogP contribution in [0.25, 0.3) is 16.0 Å². The summed E-state index contributed by atoms with van der Waals surface area (Å²) in [5, 5.41) is 10.7. The number of H-pyrrole nitrogens is 1. The van der Waals surface area contributed by atoms with Crippen LogP contribution in [0.3, 0.4) is 0 Å². The largest absolute Gasteiger partial charge is 0.462 e. The number of thiophene rings is 1. The Hall–Kier alpha value is -3.20. The zero-order valence-corrected chi connectivity index (χ0v) is 15.8. The molecule has 2 N–H and O–H groups in total. The quantitative estimate of drug-likeness (QED) is 0.525. The summed E-state index contributed by atoms with van der Waals surface area (Å²) >= 11 is 1.49. The average Bonchev–Trinajstić information content (AvgIpc) is 3.17. The minimum atomic E-state index is -0.375. The number of aryl methyl sites for hydroxylation is 2. The predicted molar refractivity (Wildman–Crippen MR) is 104 cm³/mol. The SMILES string of the molecule is CCOC(=O)c1ccc(Nc2n[nH]c3nc4sc(C)c(C)c4c(=O)n23)cc1. The van der Waals surface area contributed by atoms with Crippen LogP contribution in [-0.2, 0) is 4.74 Å². The van der Waals surface area contributed by atoms with Crippen LogP contribution in [0.15, 0.2) is 29.1 Å². The first-order valence-corrected chi connectivity index (χ1v) is 9.22. The maximum Gasteiger partial charge on any atom is 0.338 e. The van der Waals surface area contributed by atoms with Gasteiger partial charge in [0.05, 0.1) is 17.6 Å². The third kappa shape index (κ3) is 2.85. The van der Waals surface area contributed by atoms with Crippen molar-refractivity contribution in [3.05, 3.63) is 50.6 Å². The number of hydrogen-bond donors (Lipinski definition) is 2. The molecule has 0 fully saturated rings. The molecule has 1 aromatic carbocycles. The number of nitrogens with one attached hydrogen (secondary N) is 2. The Labute approximate surface area is 157 Å². The number of anilines is 2. The molecule has 0 radical (unpaired) electrons. The number of carbonyl (C=O) groups is 1. The molecule has 0 atom stereocenters. The maximum atomic E-state index is 13.0. The minimum Gasteiger partial charge on any atom is -0.462 e. The minimum absolute atomic E-state index is 0.170. The van der Waals surface area contributed by atoms with Crippen molar-refractivity contribution in [3.8, 4) is 0 Å². The number of esters is 1. The smallest absolute Gasteiger partial charge is 0.338 e. The molecule has 3 aromatic heterocycles. The van der Waals surface area contributed by atoms with Crippen LogP contribution in [0.4, 0.5) is 11.6 Å². The molecule has 8 nitrogen and oxygen atoms in total. The average molecular weight is 383 g/mol. The lowest BCUT2D eigenvalue weighted by atomic mass is 10.2. The summed E-state index contributed by atoms with van der Waals surface area (Å²) in [4.78, 5) is 31.0. The zero-order valence-electron chi connectivity index (χ0n) is 15.0. The molecule has 4 aromatic rings. The van der Waals surface area contributed by atoms with Gasteiger partial charge in [0.25, 0.3) is 5.56 Å². The summed E-state index contributed by atoms with van der Waals surface area (Å²) in [5.41, 5.74) is 1.91. The molecule has 0 aliphatic rings. The molecular weight excluding hydrogens is 366 g/mol. The molecule has 0 aliphatic carbocycles. The zero-order chi connectivity index (χ0) is 19.1. The van der Waals surface area contributed by atoms with E-state index in [2.05, 4.69) is 20.5 Å². The van der Waals surface area contributed by atoms with Gasteiger partial charge in [-0.15, -0.1) is 16.4 Å². The number of ether oxygens (including phenoxy) is 1. The Balaban J connectivity index is 1.73. The van der Waals surface area contributed by atoms with Crippen molar-refractivity contribution in [3.63, 3.8) is 0 Å². The lowest BCUT2D eigenvalue weighted by molar-refractivity contribution is 0.0526. The first-order valence-electron chi connectivity index (χ1n) is 8.40. The third-order valence-corrected chi connectivity index (χ3v) is 5.43. The topological polar surface area (TPSA) is 101 Å². The molecule has 27 heavy (non-hydrogen) atoms. The van der Waals surface area contributed by atoms with Gasteiger partial charge in [-0.25, -0.2) is 19.3 Å². The van der Waals surface area contributed by atoms with E-state index in [4.69, 9.17) is 4.74 Å². The van der Waals surface area contributed by atoms with Gasteiger partial charge in [-0.1, -0.05) is 0 Å². The number of carbonyl (C=O) groups excluding carboxylic acids is 1. The second kappa shape index (κ2) is 6.51. The van der Waals surface area contributed by atoms with E-state index >= 15 is 0 Å². The van der Waals surface area contributed by atoms with Gasteiger partial charge in [0.1, 0.15) is 4.83 Å². The van der Waals surface area contributed by atoms with E-state index in [-0.39, 0.29) is 11.5 Å². The monoisotopic (exact) mass is 383 g/mol. The van der Waals surface area contributed by atoms with E-state index in [9.17, 15) is 9.59 Å². The van der Waals surface area contributed by atoms with Crippen molar-refractivity contribution in [2.75, 3.05) is 11.9 Å². The molecule has 0 bridgehead atoms. The first-order chi connectivity index (χ1) is 13.0. The molecule has 4 rings (SSSR count). The number of benzene rings is 1. The van der Waals surface area contributed by atoms with Crippen molar-refractivity contribution < 1.29 is 9.53 Å². The molecule has 0 saturated carbocycles. The molecule has 0 aliphatic heterocycles. The first kappa shape index (κ1) is 17.2. The van der Waals surface area contributed by atoms with Crippen LogP contribution < -0.4 is 10.9 Å². The fraction of sp³-hybridized carbons (Fsp3) is 0.222. The van der Waals surface area contributed by atoms with Crippen LogP contribution in [0.2, 0.25) is 0 Å². The maximum absolute atomic E-state index is 13.0. The molecule has 9 heteroatoms. The van der Waals surface area contributed by atoms with Gasteiger partial charge >= 0.3 is 5.97 Å². The third-order valence-electron chi connectivity index (χ3n) is 4.33. The van der Waals surface area contributed by atoms with Crippen LogP contribution in [-0.4, -0.2) is 32.2 Å². The van der Waals surface area contributed by atoms with Gasteiger partial charge in [0.15, 0.2) is 0 Å². The second-order valence-corrected chi connectivity index (χ2v) is 7.21. The lowest BCUT2D eigenvalue weighted by Gasteiger charge is -2.06. The summed E-state index contributed by atoms with van der Waals surface area (Å²) in [6.45, 7) is 5.98. The number of nitrogens with zero attached hydrogens (tertiary/aromatic N) is 3. The van der Waals surface area contributed by atoms with E-state index in [1.54, 1.807) is 31.2 Å². The Kier molecular flexibility index (Phi) is 4.15. The number of aromatic amines is 1. The van der Waals surface area contributed by atoms with Crippen molar-refractivity contribution in [1.29, 1.82) is 0 Å². The molecule has 0 spiro atoms. The molecule has 0 unspecified atom stereocenters. The summed E-state index contributed by atoms with van der Waals surface area (Å²) in [5.74, 6) is 0.330. The highest BCUT2D eigenvalue weighted by atomic mass is 32.1. The van der Waals surface area contributed by atoms with Gasteiger partial charge in [0, 0.05) is 10.6 Å². The van der Waals surface area contributed by atoms with Crippen molar-refractivity contribution in [1.82, 2.24) is 19.6 Å². The van der Waals surface area contributed by atoms with E-state index in [0.717, 1.165) is 10.4 Å². The van der Waals surface area contributed by atoms with Crippen molar-refractivity contribution >= 4 is 44.9 Å². The Bertz CT molecular complexity index is 1220. The number of rotatable bonds is 4. The van der Waals surface area contributed by atoms with E-state index in [1.165, 1.54) is 15.7 Å². The highest BCUT2D eigenvalue weighted by Crippen LogP contribution is 2.27. The fourth-order valence-electron chi connectivity index (χ4n) is 2.84. The lowest BCUT2D eigenvalue weighted by Crippen LogP contribution is -2.16. The predicted octanol–water partition coefficient (Wildman–Crippen LogP) is 3.17. The van der Waals surface area contributed by atoms with Crippen molar-refractivity contribution in [2.45, 2.75) is 20.8 Å². The van der Waals surface area contributed by atoms with Gasteiger partial charge in [-0.05, 0) is 50.6 Å². The van der Waals surface area contributed by atoms with Crippen LogP contribution in [0, 0.1) is 13.8 Å². The fourth-order valence-corrected chi connectivity index (χ4v) is 3.86. The van der Waals surface area contributed by atoms with E-state index in [0.29, 0.717) is 39.8 Å². The summed E-state index contributed by atoms with van der Waals surface area (Å²) in [6.07, 6.45) is 0. The molecule has 0 saturated heterocycles.